The predicted octanol–water partition coefficient (Wildman–Crippen LogP) is 4.13. The van der Waals surface area contributed by atoms with Gasteiger partial charge in [0, 0.05) is 46.5 Å². The molecule has 0 aliphatic heterocycles. The second-order valence-electron chi connectivity index (χ2n) is 8.90. The summed E-state index contributed by atoms with van der Waals surface area (Å²) in [5, 5.41) is 3.63. The molecule has 0 saturated heterocycles. The van der Waals surface area contributed by atoms with Gasteiger partial charge in [-0.15, -0.1) is 0 Å². The summed E-state index contributed by atoms with van der Waals surface area (Å²) in [4.78, 5) is 42.6. The van der Waals surface area contributed by atoms with Gasteiger partial charge in [0.2, 0.25) is 5.91 Å². The molecule has 0 saturated carbocycles. The highest BCUT2D eigenvalue weighted by Gasteiger charge is 2.22. The van der Waals surface area contributed by atoms with Crippen LogP contribution in [0, 0.1) is 6.92 Å². The van der Waals surface area contributed by atoms with E-state index < -0.39 is 11.9 Å². The number of pyridine rings is 1. The van der Waals surface area contributed by atoms with Crippen molar-refractivity contribution in [3.8, 4) is 11.3 Å². The monoisotopic (exact) mass is 526 g/mol. The van der Waals surface area contributed by atoms with E-state index in [1.165, 1.54) is 0 Å². The van der Waals surface area contributed by atoms with E-state index in [1.807, 2.05) is 75.1 Å². The number of nitrogens with one attached hydrogen (secondary N) is 3. The largest absolute Gasteiger partial charge is 0.384 e. The van der Waals surface area contributed by atoms with Gasteiger partial charge in [0.05, 0.1) is 5.52 Å². The standard InChI is InChI=1S/C27H28N8O2.C2H6/c1-3-35(18-7-5-4-6-8-18)14-22(25(29)36)33-27(37)16-9-10-20-17(11-16)12-21(32-20)19-13-23(28)34-26-24(19)30-15(2)31-26;1-2/h4-13,22,32H,3,14H2,1-2H3,(H2,29,36)(H,33,37)(H3,28,30,31,34);1-2H3. The van der Waals surface area contributed by atoms with E-state index in [9.17, 15) is 9.59 Å². The van der Waals surface area contributed by atoms with E-state index in [-0.39, 0.29) is 12.5 Å². The van der Waals surface area contributed by atoms with Crippen LogP contribution >= 0.6 is 0 Å². The Labute approximate surface area is 226 Å². The summed E-state index contributed by atoms with van der Waals surface area (Å²) in [5.41, 5.74) is 16.8. The number of primary amides is 1. The number of imidazole rings is 1. The highest BCUT2D eigenvalue weighted by Crippen LogP contribution is 2.30. The average molecular weight is 527 g/mol. The maximum absolute atomic E-state index is 13.1. The number of nitrogen functional groups attached to an aromatic ring is 1. The summed E-state index contributed by atoms with van der Waals surface area (Å²) >= 11 is 0. The van der Waals surface area contributed by atoms with Gasteiger partial charge in [-0.05, 0) is 56.3 Å². The van der Waals surface area contributed by atoms with Gasteiger partial charge in [-0.1, -0.05) is 32.0 Å². The second-order valence-corrected chi connectivity index (χ2v) is 8.90. The molecule has 1 atom stereocenters. The summed E-state index contributed by atoms with van der Waals surface area (Å²) in [6, 6.07) is 17.9. The average Bonchev–Trinajstić information content (AvgIpc) is 3.54. The van der Waals surface area contributed by atoms with Gasteiger partial charge in [-0.25, -0.2) is 9.97 Å². The fourth-order valence-electron chi connectivity index (χ4n) is 4.48. The van der Waals surface area contributed by atoms with Crippen LogP contribution in [0.5, 0.6) is 0 Å². The molecule has 39 heavy (non-hydrogen) atoms. The Hall–Kier alpha value is -4.86. The summed E-state index contributed by atoms with van der Waals surface area (Å²) < 4.78 is 0. The molecular formula is C29H34N8O2. The first-order valence-electron chi connectivity index (χ1n) is 13.0. The van der Waals surface area contributed by atoms with E-state index in [2.05, 4.69) is 25.3 Å². The van der Waals surface area contributed by atoms with Crippen LogP contribution in [0.15, 0.2) is 60.7 Å². The number of nitrogens with zero attached hydrogens (tertiary/aromatic N) is 3. The molecule has 7 N–H and O–H groups in total. The van der Waals surface area contributed by atoms with Crippen LogP contribution in [0.25, 0.3) is 33.3 Å². The van der Waals surface area contributed by atoms with Crippen LogP contribution in [0.1, 0.15) is 37.0 Å². The van der Waals surface area contributed by atoms with Crippen molar-refractivity contribution in [3.63, 3.8) is 0 Å². The highest BCUT2D eigenvalue weighted by atomic mass is 16.2. The first-order chi connectivity index (χ1) is 18.8. The number of aromatic amines is 2. The van der Waals surface area contributed by atoms with Crippen LogP contribution < -0.4 is 21.7 Å². The molecule has 5 rings (SSSR count). The summed E-state index contributed by atoms with van der Waals surface area (Å²) in [5.74, 6) is 0.128. The molecule has 0 bridgehead atoms. The molecule has 1 unspecified atom stereocenters. The lowest BCUT2D eigenvalue weighted by atomic mass is 10.1. The third kappa shape index (κ3) is 5.85. The quantitative estimate of drug-likeness (QED) is 0.204. The van der Waals surface area contributed by atoms with Gasteiger partial charge in [0.1, 0.15) is 17.7 Å². The number of anilines is 2. The van der Waals surface area contributed by atoms with Crippen LogP contribution in [-0.4, -0.2) is 50.9 Å². The topological polar surface area (TPSA) is 159 Å². The third-order valence-electron chi connectivity index (χ3n) is 6.33. The van der Waals surface area contributed by atoms with Crippen molar-refractivity contribution in [1.82, 2.24) is 25.3 Å². The second kappa shape index (κ2) is 11.7. The number of likely N-dealkylation sites (N-methyl/N-ethyl adjacent to an activating group) is 1. The number of fused-ring (bicyclic) bond motifs is 2. The van der Waals surface area contributed by atoms with Gasteiger partial charge in [0.25, 0.3) is 5.91 Å². The van der Waals surface area contributed by atoms with Crippen molar-refractivity contribution in [3.05, 3.63) is 72.1 Å². The number of aryl methyl sites for hydroxylation is 1. The molecule has 3 aromatic heterocycles. The molecule has 0 aliphatic carbocycles. The molecule has 0 aliphatic rings. The van der Waals surface area contributed by atoms with E-state index >= 15 is 0 Å². The number of para-hydroxylation sites is 1. The number of nitrogens with two attached hydrogens (primary N) is 2. The fourth-order valence-corrected chi connectivity index (χ4v) is 4.48. The highest BCUT2D eigenvalue weighted by molar-refractivity contribution is 6.02. The summed E-state index contributed by atoms with van der Waals surface area (Å²) in [6.07, 6.45) is 0. The van der Waals surface area contributed by atoms with E-state index in [0.717, 1.165) is 39.2 Å². The number of hydrogen-bond donors (Lipinski definition) is 5. The van der Waals surface area contributed by atoms with Crippen molar-refractivity contribution >= 4 is 45.4 Å². The third-order valence-corrected chi connectivity index (χ3v) is 6.33. The minimum atomic E-state index is -0.859. The normalized spacial score (nSPS) is 11.6. The first kappa shape index (κ1) is 27.2. The van der Waals surface area contributed by atoms with E-state index in [0.29, 0.717) is 23.6 Å². The molecule has 0 spiro atoms. The Morgan fingerprint density at radius 2 is 1.77 bits per heavy atom. The maximum atomic E-state index is 13.1. The first-order valence-corrected chi connectivity index (χ1v) is 13.0. The Balaban J connectivity index is 0.00000172. The van der Waals surface area contributed by atoms with Crippen molar-refractivity contribution in [1.29, 1.82) is 0 Å². The van der Waals surface area contributed by atoms with Crippen LogP contribution in [0.3, 0.4) is 0 Å². The van der Waals surface area contributed by atoms with Gasteiger partial charge in [0.15, 0.2) is 5.65 Å². The lowest BCUT2D eigenvalue weighted by molar-refractivity contribution is -0.119. The molecule has 10 nitrogen and oxygen atoms in total. The molecule has 10 heteroatoms. The number of benzene rings is 2. The lowest BCUT2D eigenvalue weighted by Crippen LogP contribution is -2.51. The van der Waals surface area contributed by atoms with Crippen molar-refractivity contribution in [2.75, 3.05) is 23.7 Å². The van der Waals surface area contributed by atoms with E-state index in [1.54, 1.807) is 18.2 Å². The molecular weight excluding hydrogens is 492 g/mol. The number of aromatic nitrogens is 4. The SMILES string of the molecule is CC.CCN(CC(NC(=O)c1ccc2[nH]c(-c3cc(N)nc4nc(C)[nH]c34)cc2c1)C(N)=O)c1ccccc1. The Kier molecular flexibility index (Phi) is 8.14. The van der Waals surface area contributed by atoms with Gasteiger partial charge in [-0.3, -0.25) is 9.59 Å². The number of rotatable bonds is 8. The van der Waals surface area contributed by atoms with Crippen LogP contribution in [0.4, 0.5) is 11.5 Å². The molecule has 2 amide bonds. The maximum Gasteiger partial charge on any atom is 0.252 e. The zero-order valence-electron chi connectivity index (χ0n) is 22.6. The molecule has 2 aromatic carbocycles. The smallest absolute Gasteiger partial charge is 0.252 e. The zero-order chi connectivity index (χ0) is 28.1. The minimum absolute atomic E-state index is 0.265. The lowest BCUT2D eigenvalue weighted by Gasteiger charge is -2.27. The van der Waals surface area contributed by atoms with Crippen LogP contribution in [-0.2, 0) is 4.79 Å². The minimum Gasteiger partial charge on any atom is -0.384 e. The molecule has 5 aromatic rings. The van der Waals surface area contributed by atoms with Crippen molar-refractivity contribution in [2.24, 2.45) is 5.73 Å². The number of carbonyl (C=O) groups is 2. The molecule has 0 fully saturated rings. The predicted molar refractivity (Wildman–Crippen MR) is 156 cm³/mol. The molecule has 0 radical (unpaired) electrons. The van der Waals surface area contributed by atoms with Gasteiger partial charge in [-0.2, -0.15) is 0 Å². The molecule has 3 heterocycles. The Morgan fingerprint density at radius 1 is 1.03 bits per heavy atom. The molecule has 202 valence electrons. The summed E-state index contributed by atoms with van der Waals surface area (Å²) in [7, 11) is 0. The summed E-state index contributed by atoms with van der Waals surface area (Å²) in [6.45, 7) is 8.77. The zero-order valence-corrected chi connectivity index (χ0v) is 22.6. The van der Waals surface area contributed by atoms with Gasteiger partial charge >= 0.3 is 0 Å². The van der Waals surface area contributed by atoms with E-state index in [4.69, 9.17) is 11.5 Å². The van der Waals surface area contributed by atoms with Gasteiger partial charge < -0.3 is 31.7 Å². The number of H-pyrrole nitrogens is 2. The number of hydrogen-bond acceptors (Lipinski definition) is 6. The van der Waals surface area contributed by atoms with Crippen LogP contribution in [0.2, 0.25) is 0 Å². The number of amides is 2. The number of carbonyl (C=O) groups excluding carboxylic acids is 2. The van der Waals surface area contributed by atoms with Crippen molar-refractivity contribution in [2.45, 2.75) is 33.7 Å². The Bertz CT molecular complexity index is 1610. The Morgan fingerprint density at radius 3 is 2.46 bits per heavy atom. The fraction of sp³-hybridized carbons (Fsp3) is 0.241. The van der Waals surface area contributed by atoms with Crippen molar-refractivity contribution < 1.29 is 9.59 Å².